The lowest BCUT2D eigenvalue weighted by Crippen LogP contribution is -2.38. The Hall–Kier alpha value is -2.32. The van der Waals surface area contributed by atoms with Crippen LogP contribution in [0.5, 0.6) is 0 Å². The average molecular weight is 512 g/mol. The Bertz CT molecular complexity index is 1190. The van der Waals surface area contributed by atoms with Crippen molar-refractivity contribution >= 4 is 44.0 Å². The third-order valence-electron chi connectivity index (χ3n) is 7.24. The van der Waals surface area contributed by atoms with Gasteiger partial charge in [-0.2, -0.15) is 4.99 Å². The second-order valence-corrected chi connectivity index (χ2v) is 13.6. The molecule has 0 radical (unpaired) electrons. The summed E-state index contributed by atoms with van der Waals surface area (Å²) in [5.41, 5.74) is 3.51. The summed E-state index contributed by atoms with van der Waals surface area (Å²) in [6.45, 7) is 5.74. The molecule has 5 rings (SSSR count). The van der Waals surface area contributed by atoms with Gasteiger partial charge in [0.2, 0.25) is 0 Å². The molecule has 186 valence electrons. The minimum atomic E-state index is -3.08. The Kier molecular flexibility index (Phi) is 6.95. The van der Waals surface area contributed by atoms with Crippen LogP contribution in [0.25, 0.3) is 0 Å². The van der Waals surface area contributed by atoms with Gasteiger partial charge in [-0.05, 0) is 55.0 Å². The first-order valence-electron chi connectivity index (χ1n) is 12.5. The van der Waals surface area contributed by atoms with E-state index in [1.807, 2.05) is 18.7 Å². The van der Waals surface area contributed by atoms with E-state index in [2.05, 4.69) is 64.5 Å². The van der Waals surface area contributed by atoms with E-state index in [-0.39, 0.29) is 34.6 Å². The highest BCUT2D eigenvalue weighted by molar-refractivity contribution is 8.16. The maximum atomic E-state index is 12.4. The second kappa shape index (κ2) is 9.97. The van der Waals surface area contributed by atoms with Gasteiger partial charge < -0.3 is 9.80 Å². The Morgan fingerprint density at radius 3 is 2.31 bits per heavy atom. The number of carbonyl (C=O) groups excluding carboxylic acids is 1. The molecular weight excluding hydrogens is 478 g/mol. The van der Waals surface area contributed by atoms with E-state index in [9.17, 15) is 13.2 Å². The highest BCUT2D eigenvalue weighted by Gasteiger charge is 2.49. The first kappa shape index (κ1) is 24.4. The number of rotatable bonds is 5. The molecule has 2 aromatic rings. The molecule has 3 aliphatic heterocycles. The first-order chi connectivity index (χ1) is 16.8. The maximum Gasteiger partial charge on any atom is 0.250 e. The van der Waals surface area contributed by atoms with E-state index in [1.54, 1.807) is 0 Å². The first-order valence-corrected chi connectivity index (χ1v) is 15.2. The van der Waals surface area contributed by atoms with Gasteiger partial charge in [0.1, 0.15) is 0 Å². The zero-order chi connectivity index (χ0) is 24.6. The molecule has 0 aliphatic carbocycles. The average Bonchev–Trinajstić information content (AvgIpc) is 3.31. The fraction of sp³-hybridized carbons (Fsp3) is 0.481. The van der Waals surface area contributed by atoms with Crippen LogP contribution >= 0.6 is 11.8 Å². The number of piperidine rings is 1. The number of hydrogen-bond donors (Lipinski definition) is 0. The third-order valence-corrected chi connectivity index (χ3v) is 10.5. The van der Waals surface area contributed by atoms with E-state index >= 15 is 0 Å². The molecule has 0 saturated carbocycles. The summed E-state index contributed by atoms with van der Waals surface area (Å²) in [6.07, 6.45) is 3.49. The molecule has 35 heavy (non-hydrogen) atoms. The van der Waals surface area contributed by atoms with Crippen LogP contribution in [-0.2, 0) is 21.1 Å². The summed E-state index contributed by atoms with van der Waals surface area (Å²) in [6, 6.07) is 18.9. The molecule has 3 heterocycles. The number of nitrogens with zero attached hydrogens (tertiary/aromatic N) is 3. The van der Waals surface area contributed by atoms with Crippen LogP contribution < -0.4 is 9.80 Å². The van der Waals surface area contributed by atoms with Gasteiger partial charge >= 0.3 is 0 Å². The summed E-state index contributed by atoms with van der Waals surface area (Å²) >= 11 is 1.43. The van der Waals surface area contributed by atoms with Crippen molar-refractivity contribution in [3.05, 3.63) is 60.2 Å². The zero-order valence-corrected chi connectivity index (χ0v) is 22.0. The molecule has 3 saturated heterocycles. The van der Waals surface area contributed by atoms with Crippen LogP contribution in [0.2, 0.25) is 0 Å². The number of aliphatic imine (C=N–C) groups is 1. The van der Waals surface area contributed by atoms with Crippen LogP contribution in [0.1, 0.15) is 32.3 Å². The number of fused-ring (bicyclic) bond motifs is 1. The number of carbonyl (C=O) groups is 1. The van der Waals surface area contributed by atoms with Crippen LogP contribution in [-0.4, -0.2) is 55.4 Å². The molecular formula is C27H33N3O3S2. The minimum Gasteiger partial charge on any atom is -0.372 e. The molecule has 0 unspecified atom stereocenters. The Labute approximate surface area is 212 Å². The molecule has 0 bridgehead atoms. The van der Waals surface area contributed by atoms with Crippen LogP contribution in [0, 0.1) is 11.8 Å². The molecule has 2 aromatic carbocycles. The standard InChI is InChI=1S/C27H33N3O3S2/c1-19(2)26(31)28-27-30(24-17-35(32,33)18-25(24)34-27)23-10-8-22(9-11-23)29-14-12-21(13-15-29)16-20-6-4-3-5-7-20/h3-11,19,21,24-25H,12-18H2,1-2H3/t24-,25+/m1/s1. The fourth-order valence-electron chi connectivity index (χ4n) is 5.26. The molecule has 8 heteroatoms. The Morgan fingerprint density at radius 1 is 1.00 bits per heavy atom. The predicted octanol–water partition coefficient (Wildman–Crippen LogP) is 4.40. The number of amides is 1. The van der Waals surface area contributed by atoms with Crippen molar-refractivity contribution in [2.75, 3.05) is 34.4 Å². The molecule has 3 fully saturated rings. The largest absolute Gasteiger partial charge is 0.372 e. The lowest BCUT2D eigenvalue weighted by molar-refractivity contribution is -0.120. The van der Waals surface area contributed by atoms with Gasteiger partial charge in [0.15, 0.2) is 15.0 Å². The number of sulfone groups is 1. The predicted molar refractivity (Wildman–Crippen MR) is 145 cm³/mol. The molecule has 1 amide bonds. The Balaban J connectivity index is 1.29. The van der Waals surface area contributed by atoms with Crippen molar-refractivity contribution in [1.29, 1.82) is 0 Å². The highest BCUT2D eigenvalue weighted by Crippen LogP contribution is 2.41. The molecule has 3 aliphatic rings. The summed E-state index contributed by atoms with van der Waals surface area (Å²) < 4.78 is 24.6. The van der Waals surface area contributed by atoms with Gasteiger partial charge in [0.05, 0.1) is 17.5 Å². The summed E-state index contributed by atoms with van der Waals surface area (Å²) in [5.74, 6) is 0.602. The van der Waals surface area contributed by atoms with Crippen LogP contribution in [0.3, 0.4) is 0 Å². The summed E-state index contributed by atoms with van der Waals surface area (Å²) in [7, 11) is -3.08. The fourth-order valence-corrected chi connectivity index (χ4v) is 9.18. The number of hydrogen-bond acceptors (Lipinski definition) is 5. The van der Waals surface area contributed by atoms with E-state index in [0.29, 0.717) is 11.1 Å². The lowest BCUT2D eigenvalue weighted by atomic mass is 9.90. The maximum absolute atomic E-state index is 12.4. The topological polar surface area (TPSA) is 70.0 Å². The number of anilines is 2. The lowest BCUT2D eigenvalue weighted by Gasteiger charge is -2.34. The van der Waals surface area contributed by atoms with Gasteiger partial charge in [-0.25, -0.2) is 8.42 Å². The van der Waals surface area contributed by atoms with E-state index < -0.39 is 9.84 Å². The number of thioether (sulfide) groups is 1. The van der Waals surface area contributed by atoms with Gasteiger partial charge in [-0.1, -0.05) is 55.9 Å². The quantitative estimate of drug-likeness (QED) is 0.593. The second-order valence-electron chi connectivity index (χ2n) is 10.2. The van der Waals surface area contributed by atoms with Crippen LogP contribution in [0.4, 0.5) is 11.4 Å². The van der Waals surface area contributed by atoms with Crippen LogP contribution in [0.15, 0.2) is 59.6 Å². The van der Waals surface area contributed by atoms with Gasteiger partial charge in [0.25, 0.3) is 5.91 Å². The molecule has 0 spiro atoms. The van der Waals surface area contributed by atoms with Gasteiger partial charge in [-0.15, -0.1) is 0 Å². The van der Waals surface area contributed by atoms with Gasteiger partial charge in [0, 0.05) is 35.6 Å². The van der Waals surface area contributed by atoms with Crippen molar-refractivity contribution in [1.82, 2.24) is 0 Å². The van der Waals surface area contributed by atoms with Crippen molar-refractivity contribution in [2.45, 2.75) is 44.4 Å². The monoisotopic (exact) mass is 511 g/mol. The molecule has 0 N–H and O–H groups in total. The van der Waals surface area contributed by atoms with Gasteiger partial charge in [-0.3, -0.25) is 4.79 Å². The minimum absolute atomic E-state index is 0.0815. The van der Waals surface area contributed by atoms with E-state index in [1.165, 1.54) is 35.9 Å². The Morgan fingerprint density at radius 2 is 1.66 bits per heavy atom. The highest BCUT2D eigenvalue weighted by atomic mass is 32.2. The smallest absolute Gasteiger partial charge is 0.250 e. The normalized spacial score (nSPS) is 25.4. The molecule has 2 atom stereocenters. The third kappa shape index (κ3) is 5.43. The summed E-state index contributed by atoms with van der Waals surface area (Å²) in [4.78, 5) is 21.2. The van der Waals surface area contributed by atoms with Crippen molar-refractivity contribution in [3.63, 3.8) is 0 Å². The van der Waals surface area contributed by atoms with Crippen molar-refractivity contribution < 1.29 is 13.2 Å². The molecule has 6 nitrogen and oxygen atoms in total. The van der Waals surface area contributed by atoms with Crippen molar-refractivity contribution in [2.24, 2.45) is 16.8 Å². The number of benzene rings is 2. The number of amidine groups is 1. The van der Waals surface area contributed by atoms with E-state index in [4.69, 9.17) is 0 Å². The SMILES string of the molecule is CC(C)C(=O)N=C1S[C@H]2CS(=O)(=O)C[C@H]2N1c1ccc(N2CCC(Cc3ccccc3)CC2)cc1. The van der Waals surface area contributed by atoms with Crippen molar-refractivity contribution in [3.8, 4) is 0 Å². The van der Waals surface area contributed by atoms with E-state index in [0.717, 1.165) is 25.2 Å². The zero-order valence-electron chi connectivity index (χ0n) is 20.3. The molecule has 0 aromatic heterocycles. The summed E-state index contributed by atoms with van der Waals surface area (Å²) in [5, 5.41) is 0.546.